The highest BCUT2D eigenvalue weighted by molar-refractivity contribution is 5.80. The molecule has 16 heavy (non-hydrogen) atoms. The zero-order valence-electron chi connectivity index (χ0n) is 8.94. The van der Waals surface area contributed by atoms with Crippen molar-refractivity contribution in [3.63, 3.8) is 0 Å². The van der Waals surface area contributed by atoms with E-state index in [4.69, 9.17) is 10.5 Å². The van der Waals surface area contributed by atoms with Crippen LogP contribution in [0.5, 0.6) is 0 Å². The molecule has 5 nitrogen and oxygen atoms in total. The summed E-state index contributed by atoms with van der Waals surface area (Å²) in [6.45, 7) is 3.29. The van der Waals surface area contributed by atoms with Crippen molar-refractivity contribution in [3.05, 3.63) is 18.2 Å². The number of fused-ring (bicyclic) bond motifs is 1. The molecule has 0 atom stereocenters. The first-order valence-electron chi connectivity index (χ1n) is 5.41. The van der Waals surface area contributed by atoms with E-state index >= 15 is 0 Å². The van der Waals surface area contributed by atoms with E-state index in [1.54, 1.807) is 0 Å². The second-order valence-electron chi connectivity index (χ2n) is 3.94. The van der Waals surface area contributed by atoms with Crippen LogP contribution in [0.3, 0.4) is 0 Å². The quantitative estimate of drug-likeness (QED) is 0.700. The molecular formula is C11H14N4O. The van der Waals surface area contributed by atoms with E-state index in [2.05, 4.69) is 14.9 Å². The highest BCUT2D eigenvalue weighted by atomic mass is 16.5. The summed E-state index contributed by atoms with van der Waals surface area (Å²) in [5.41, 5.74) is 8.43. The van der Waals surface area contributed by atoms with Crippen LogP contribution in [0.1, 0.15) is 0 Å². The van der Waals surface area contributed by atoms with Crippen molar-refractivity contribution in [1.29, 1.82) is 0 Å². The number of benzene rings is 1. The lowest BCUT2D eigenvalue weighted by Crippen LogP contribution is -2.36. The molecule has 0 bridgehead atoms. The van der Waals surface area contributed by atoms with Crippen molar-refractivity contribution < 1.29 is 4.74 Å². The normalized spacial score (nSPS) is 16.9. The van der Waals surface area contributed by atoms with Crippen LogP contribution >= 0.6 is 0 Å². The zero-order valence-corrected chi connectivity index (χ0v) is 8.94. The lowest BCUT2D eigenvalue weighted by atomic mass is 10.3. The van der Waals surface area contributed by atoms with Crippen LogP contribution in [0.15, 0.2) is 18.2 Å². The molecule has 5 heteroatoms. The fourth-order valence-electron chi connectivity index (χ4n) is 1.94. The van der Waals surface area contributed by atoms with Gasteiger partial charge in [0.2, 0.25) is 5.95 Å². The van der Waals surface area contributed by atoms with Gasteiger partial charge in [0.1, 0.15) is 0 Å². The number of nitrogen functional groups attached to an aromatic ring is 1. The van der Waals surface area contributed by atoms with E-state index < -0.39 is 0 Å². The van der Waals surface area contributed by atoms with Gasteiger partial charge in [0.05, 0.1) is 24.2 Å². The maximum atomic E-state index is 5.73. The third-order valence-corrected chi connectivity index (χ3v) is 2.80. The van der Waals surface area contributed by atoms with Crippen LogP contribution in [-0.4, -0.2) is 36.3 Å². The Labute approximate surface area is 93.2 Å². The summed E-state index contributed by atoms with van der Waals surface area (Å²) < 4.78 is 5.31. The fourth-order valence-corrected chi connectivity index (χ4v) is 1.94. The second kappa shape index (κ2) is 3.68. The van der Waals surface area contributed by atoms with Crippen LogP contribution in [0.4, 0.5) is 11.6 Å². The van der Waals surface area contributed by atoms with Crippen LogP contribution in [0.2, 0.25) is 0 Å². The zero-order chi connectivity index (χ0) is 11.0. The van der Waals surface area contributed by atoms with Gasteiger partial charge in [0.25, 0.3) is 0 Å². The van der Waals surface area contributed by atoms with E-state index in [0.717, 1.165) is 49.0 Å². The molecule has 1 aromatic heterocycles. The summed E-state index contributed by atoms with van der Waals surface area (Å²) in [5, 5.41) is 0. The summed E-state index contributed by atoms with van der Waals surface area (Å²) in [6, 6.07) is 5.71. The van der Waals surface area contributed by atoms with Crippen molar-refractivity contribution >= 4 is 22.7 Å². The number of aromatic amines is 1. The molecule has 2 heterocycles. The Morgan fingerprint density at radius 3 is 2.94 bits per heavy atom. The molecule has 1 aliphatic rings. The number of nitrogens with zero attached hydrogens (tertiary/aromatic N) is 2. The van der Waals surface area contributed by atoms with Crippen molar-refractivity contribution in [2.75, 3.05) is 36.9 Å². The highest BCUT2D eigenvalue weighted by Gasteiger charge is 2.14. The minimum Gasteiger partial charge on any atom is -0.399 e. The maximum absolute atomic E-state index is 5.73. The molecule has 1 aromatic carbocycles. The van der Waals surface area contributed by atoms with E-state index in [9.17, 15) is 0 Å². The average Bonchev–Trinajstić information content (AvgIpc) is 2.73. The first-order chi connectivity index (χ1) is 7.83. The van der Waals surface area contributed by atoms with Crippen molar-refractivity contribution in [2.24, 2.45) is 0 Å². The number of nitrogens with one attached hydrogen (secondary N) is 1. The molecule has 1 saturated heterocycles. The number of aromatic nitrogens is 2. The molecule has 0 unspecified atom stereocenters. The van der Waals surface area contributed by atoms with Gasteiger partial charge in [-0.2, -0.15) is 0 Å². The SMILES string of the molecule is Nc1ccc2nc(N3CCOCC3)[nH]c2c1. The predicted molar refractivity (Wildman–Crippen MR) is 63.5 cm³/mol. The van der Waals surface area contributed by atoms with Gasteiger partial charge in [-0.3, -0.25) is 0 Å². The van der Waals surface area contributed by atoms with Gasteiger partial charge in [-0.1, -0.05) is 0 Å². The molecule has 0 saturated carbocycles. The lowest BCUT2D eigenvalue weighted by molar-refractivity contribution is 0.122. The summed E-state index contributed by atoms with van der Waals surface area (Å²) in [6.07, 6.45) is 0. The number of rotatable bonds is 1. The van der Waals surface area contributed by atoms with Gasteiger partial charge in [0, 0.05) is 18.8 Å². The Morgan fingerprint density at radius 1 is 1.31 bits per heavy atom. The molecule has 0 radical (unpaired) electrons. The van der Waals surface area contributed by atoms with Crippen LogP contribution in [0.25, 0.3) is 11.0 Å². The summed E-state index contributed by atoms with van der Waals surface area (Å²) in [5.74, 6) is 0.906. The molecule has 84 valence electrons. The summed E-state index contributed by atoms with van der Waals surface area (Å²) in [4.78, 5) is 10.0. The van der Waals surface area contributed by atoms with E-state index in [1.165, 1.54) is 0 Å². The Kier molecular flexibility index (Phi) is 2.18. The Bertz CT molecular complexity index is 502. The predicted octanol–water partition coefficient (Wildman–Crippen LogP) is 0.982. The Hall–Kier alpha value is -1.75. The number of ether oxygens (including phenoxy) is 1. The number of anilines is 2. The standard InChI is InChI=1S/C11H14N4O/c12-8-1-2-9-10(7-8)14-11(13-9)15-3-5-16-6-4-15/h1-2,7H,3-6,12H2,(H,13,14). The number of hydrogen-bond donors (Lipinski definition) is 2. The third-order valence-electron chi connectivity index (χ3n) is 2.80. The summed E-state index contributed by atoms with van der Waals surface area (Å²) in [7, 11) is 0. The van der Waals surface area contributed by atoms with Gasteiger partial charge in [-0.15, -0.1) is 0 Å². The second-order valence-corrected chi connectivity index (χ2v) is 3.94. The minimum atomic E-state index is 0.754. The van der Waals surface area contributed by atoms with Gasteiger partial charge in [0.15, 0.2) is 0 Å². The molecule has 1 fully saturated rings. The van der Waals surface area contributed by atoms with Crippen LogP contribution in [0, 0.1) is 0 Å². The Morgan fingerprint density at radius 2 is 2.12 bits per heavy atom. The number of H-pyrrole nitrogens is 1. The summed E-state index contributed by atoms with van der Waals surface area (Å²) >= 11 is 0. The molecule has 1 aliphatic heterocycles. The molecule has 0 amide bonds. The average molecular weight is 218 g/mol. The van der Waals surface area contributed by atoms with Crippen LogP contribution in [-0.2, 0) is 4.74 Å². The molecule has 0 aliphatic carbocycles. The topological polar surface area (TPSA) is 67.2 Å². The maximum Gasteiger partial charge on any atom is 0.203 e. The van der Waals surface area contributed by atoms with Gasteiger partial charge in [-0.05, 0) is 18.2 Å². The van der Waals surface area contributed by atoms with E-state index in [1.807, 2.05) is 18.2 Å². The monoisotopic (exact) mass is 218 g/mol. The molecule has 2 aromatic rings. The first-order valence-corrected chi connectivity index (χ1v) is 5.41. The largest absolute Gasteiger partial charge is 0.399 e. The fraction of sp³-hybridized carbons (Fsp3) is 0.364. The minimum absolute atomic E-state index is 0.754. The molecule has 0 spiro atoms. The number of morpholine rings is 1. The number of imidazole rings is 1. The number of hydrogen-bond acceptors (Lipinski definition) is 4. The van der Waals surface area contributed by atoms with Crippen molar-refractivity contribution in [3.8, 4) is 0 Å². The highest BCUT2D eigenvalue weighted by Crippen LogP contribution is 2.20. The Balaban J connectivity index is 1.97. The third kappa shape index (κ3) is 1.59. The molecular weight excluding hydrogens is 204 g/mol. The molecule has 3 N–H and O–H groups in total. The lowest BCUT2D eigenvalue weighted by Gasteiger charge is -2.26. The smallest absolute Gasteiger partial charge is 0.203 e. The van der Waals surface area contributed by atoms with Crippen molar-refractivity contribution in [2.45, 2.75) is 0 Å². The van der Waals surface area contributed by atoms with E-state index in [0.29, 0.717) is 0 Å². The van der Waals surface area contributed by atoms with E-state index in [-0.39, 0.29) is 0 Å². The van der Waals surface area contributed by atoms with Gasteiger partial charge in [-0.25, -0.2) is 4.98 Å². The molecule has 3 rings (SSSR count). The number of nitrogens with two attached hydrogens (primary N) is 1. The van der Waals surface area contributed by atoms with Crippen molar-refractivity contribution in [1.82, 2.24) is 9.97 Å². The first kappa shape index (κ1) is 9.47. The van der Waals surface area contributed by atoms with Gasteiger partial charge >= 0.3 is 0 Å². The van der Waals surface area contributed by atoms with Crippen LogP contribution < -0.4 is 10.6 Å². The van der Waals surface area contributed by atoms with Gasteiger partial charge < -0.3 is 20.4 Å².